The van der Waals surface area contributed by atoms with E-state index in [1.165, 1.54) is 29.6 Å². The van der Waals surface area contributed by atoms with Crippen molar-refractivity contribution in [2.24, 2.45) is 0 Å². The van der Waals surface area contributed by atoms with Crippen LogP contribution in [-0.4, -0.2) is 52.0 Å². The molecule has 28 heavy (non-hydrogen) atoms. The fourth-order valence-corrected chi connectivity index (χ4v) is 4.18. The van der Waals surface area contributed by atoms with Crippen molar-refractivity contribution >= 4 is 21.6 Å². The zero-order valence-corrected chi connectivity index (χ0v) is 15.8. The van der Waals surface area contributed by atoms with Gasteiger partial charge >= 0.3 is 0 Å². The highest BCUT2D eigenvalue weighted by molar-refractivity contribution is 7.89. The number of benzene rings is 2. The van der Waals surface area contributed by atoms with E-state index >= 15 is 0 Å². The molecule has 0 aromatic heterocycles. The van der Waals surface area contributed by atoms with Crippen molar-refractivity contribution < 1.29 is 31.5 Å². The molecule has 1 aliphatic heterocycles. The van der Waals surface area contributed by atoms with E-state index in [-0.39, 0.29) is 42.6 Å². The summed E-state index contributed by atoms with van der Waals surface area (Å²) in [6.07, 6.45) is 0. The van der Waals surface area contributed by atoms with Gasteiger partial charge in [-0.3, -0.25) is 4.79 Å². The molecule has 2 aromatic carbocycles. The Morgan fingerprint density at radius 2 is 1.86 bits per heavy atom. The molecular formula is C18H18F2N2O5S. The summed E-state index contributed by atoms with van der Waals surface area (Å²) < 4.78 is 64.4. The molecule has 1 amide bonds. The molecule has 3 rings (SSSR count). The van der Waals surface area contributed by atoms with Crippen molar-refractivity contribution in [3.05, 3.63) is 53.6 Å². The average Bonchev–Trinajstić information content (AvgIpc) is 2.70. The molecule has 1 fully saturated rings. The summed E-state index contributed by atoms with van der Waals surface area (Å²) in [6.45, 7) is 1.00. The quantitative estimate of drug-likeness (QED) is 0.814. The van der Waals surface area contributed by atoms with E-state index in [2.05, 4.69) is 5.32 Å². The first-order valence-corrected chi connectivity index (χ1v) is 9.79. The minimum atomic E-state index is -3.81. The minimum Gasteiger partial charge on any atom is -0.495 e. The number of sulfonamides is 1. The number of rotatable bonds is 5. The van der Waals surface area contributed by atoms with Crippen LogP contribution in [0.15, 0.2) is 41.3 Å². The zero-order chi connectivity index (χ0) is 20.3. The van der Waals surface area contributed by atoms with Crippen molar-refractivity contribution in [2.45, 2.75) is 4.90 Å². The van der Waals surface area contributed by atoms with Gasteiger partial charge in [-0.05, 0) is 36.4 Å². The Morgan fingerprint density at radius 1 is 1.14 bits per heavy atom. The maximum atomic E-state index is 13.8. The van der Waals surface area contributed by atoms with E-state index in [4.69, 9.17) is 9.47 Å². The van der Waals surface area contributed by atoms with Crippen molar-refractivity contribution in [3.8, 4) is 5.75 Å². The van der Waals surface area contributed by atoms with Crippen molar-refractivity contribution in [2.75, 3.05) is 38.7 Å². The van der Waals surface area contributed by atoms with E-state index in [9.17, 15) is 22.0 Å². The minimum absolute atomic E-state index is 0.0190. The number of methoxy groups -OCH3 is 1. The Balaban J connectivity index is 1.93. The highest BCUT2D eigenvalue weighted by atomic mass is 32.2. The molecule has 1 saturated heterocycles. The van der Waals surface area contributed by atoms with Crippen LogP contribution < -0.4 is 10.1 Å². The molecule has 0 unspecified atom stereocenters. The van der Waals surface area contributed by atoms with Gasteiger partial charge < -0.3 is 14.8 Å². The van der Waals surface area contributed by atoms with E-state index < -0.39 is 33.1 Å². The van der Waals surface area contributed by atoms with Crippen LogP contribution in [0.3, 0.4) is 0 Å². The van der Waals surface area contributed by atoms with Gasteiger partial charge in [0, 0.05) is 13.1 Å². The lowest BCUT2D eigenvalue weighted by Crippen LogP contribution is -2.40. The first kappa shape index (κ1) is 20.2. The Hall–Kier alpha value is -2.56. The number of hydrogen-bond donors (Lipinski definition) is 1. The third-order valence-electron chi connectivity index (χ3n) is 4.20. The van der Waals surface area contributed by atoms with Crippen molar-refractivity contribution in [1.82, 2.24) is 4.31 Å². The maximum absolute atomic E-state index is 13.8. The van der Waals surface area contributed by atoms with Crippen LogP contribution in [0.4, 0.5) is 14.5 Å². The van der Waals surface area contributed by atoms with Crippen LogP contribution in [0.5, 0.6) is 5.75 Å². The fourth-order valence-electron chi connectivity index (χ4n) is 2.74. The summed E-state index contributed by atoms with van der Waals surface area (Å²) in [4.78, 5) is 12.3. The van der Waals surface area contributed by atoms with Gasteiger partial charge in [0.05, 0.1) is 36.5 Å². The van der Waals surface area contributed by atoms with Gasteiger partial charge in [-0.1, -0.05) is 0 Å². The Labute approximate surface area is 160 Å². The molecule has 10 heteroatoms. The highest BCUT2D eigenvalue weighted by Crippen LogP contribution is 2.30. The van der Waals surface area contributed by atoms with Gasteiger partial charge in [-0.25, -0.2) is 17.2 Å². The summed E-state index contributed by atoms with van der Waals surface area (Å²) in [6, 6.07) is 6.43. The molecule has 7 nitrogen and oxygen atoms in total. The molecule has 1 aliphatic rings. The topological polar surface area (TPSA) is 84.9 Å². The molecule has 1 heterocycles. The van der Waals surface area contributed by atoms with E-state index in [1.54, 1.807) is 0 Å². The number of carbonyl (C=O) groups excluding carboxylic acids is 1. The summed E-state index contributed by atoms with van der Waals surface area (Å²) >= 11 is 0. The van der Waals surface area contributed by atoms with Crippen LogP contribution in [0.25, 0.3) is 0 Å². The first-order chi connectivity index (χ1) is 13.3. The number of nitrogens with one attached hydrogen (secondary N) is 1. The summed E-state index contributed by atoms with van der Waals surface area (Å²) in [5.41, 5.74) is -0.492. The van der Waals surface area contributed by atoms with Gasteiger partial charge in [0.25, 0.3) is 5.91 Å². The Kier molecular flexibility index (Phi) is 5.92. The van der Waals surface area contributed by atoms with Crippen molar-refractivity contribution in [1.29, 1.82) is 0 Å². The number of nitrogens with zero attached hydrogens (tertiary/aromatic N) is 1. The molecule has 0 bridgehead atoms. The smallest absolute Gasteiger partial charge is 0.258 e. The number of halogens is 2. The van der Waals surface area contributed by atoms with Gasteiger partial charge in [-0.2, -0.15) is 4.31 Å². The molecule has 0 aliphatic carbocycles. The van der Waals surface area contributed by atoms with Crippen LogP contribution in [0.1, 0.15) is 10.4 Å². The maximum Gasteiger partial charge on any atom is 0.258 e. The van der Waals surface area contributed by atoms with Crippen LogP contribution in [0.2, 0.25) is 0 Å². The second-order valence-corrected chi connectivity index (χ2v) is 7.89. The monoisotopic (exact) mass is 412 g/mol. The van der Waals surface area contributed by atoms with E-state index in [1.807, 2.05) is 0 Å². The lowest BCUT2D eigenvalue weighted by Gasteiger charge is -2.26. The molecule has 0 saturated carbocycles. The highest BCUT2D eigenvalue weighted by Gasteiger charge is 2.27. The summed E-state index contributed by atoms with van der Waals surface area (Å²) in [5, 5.41) is 2.38. The third-order valence-corrected chi connectivity index (χ3v) is 6.09. The molecule has 150 valence electrons. The first-order valence-electron chi connectivity index (χ1n) is 8.35. The predicted molar refractivity (Wildman–Crippen MR) is 96.9 cm³/mol. The summed E-state index contributed by atoms with van der Waals surface area (Å²) in [5.74, 6) is -2.44. The third kappa shape index (κ3) is 4.13. The molecule has 2 aromatic rings. The average molecular weight is 412 g/mol. The largest absolute Gasteiger partial charge is 0.495 e. The normalized spacial score (nSPS) is 15.2. The standard InChI is InChI=1S/C18H18F2N2O5S/c1-26-17-5-3-13(28(24,25)22-6-8-27-9-7-22)11-16(17)21-18(23)14-10-12(19)2-4-15(14)20/h2-5,10-11H,6-9H2,1H3,(H,21,23). The van der Waals surface area contributed by atoms with Gasteiger partial charge in [0.15, 0.2) is 0 Å². The predicted octanol–water partition coefficient (Wildman–Crippen LogP) is 2.25. The molecule has 1 N–H and O–H groups in total. The zero-order valence-electron chi connectivity index (χ0n) is 14.9. The fraction of sp³-hybridized carbons (Fsp3) is 0.278. The molecule has 0 radical (unpaired) electrons. The SMILES string of the molecule is COc1ccc(S(=O)(=O)N2CCOCC2)cc1NC(=O)c1cc(F)ccc1F. The lowest BCUT2D eigenvalue weighted by molar-refractivity contribution is 0.0730. The number of amides is 1. The second kappa shape index (κ2) is 8.21. The van der Waals surface area contributed by atoms with Crippen LogP contribution in [0, 0.1) is 11.6 Å². The number of carbonyl (C=O) groups is 1. The number of anilines is 1. The molecular weight excluding hydrogens is 394 g/mol. The molecule has 0 atom stereocenters. The van der Waals surface area contributed by atoms with Gasteiger partial charge in [0.1, 0.15) is 17.4 Å². The van der Waals surface area contributed by atoms with E-state index in [0.29, 0.717) is 0 Å². The number of ether oxygens (including phenoxy) is 2. The van der Waals surface area contributed by atoms with Gasteiger partial charge in [-0.15, -0.1) is 0 Å². The van der Waals surface area contributed by atoms with Gasteiger partial charge in [0.2, 0.25) is 10.0 Å². The Morgan fingerprint density at radius 3 is 2.54 bits per heavy atom. The Bertz CT molecular complexity index is 991. The number of morpholine rings is 1. The van der Waals surface area contributed by atoms with Crippen molar-refractivity contribution in [3.63, 3.8) is 0 Å². The summed E-state index contributed by atoms with van der Waals surface area (Å²) in [7, 11) is -2.48. The second-order valence-electron chi connectivity index (χ2n) is 5.96. The van der Waals surface area contributed by atoms with Crippen LogP contribution >= 0.6 is 0 Å². The van der Waals surface area contributed by atoms with E-state index in [0.717, 1.165) is 18.2 Å². The van der Waals surface area contributed by atoms with Crippen LogP contribution in [-0.2, 0) is 14.8 Å². The lowest BCUT2D eigenvalue weighted by atomic mass is 10.2. The number of hydrogen-bond acceptors (Lipinski definition) is 5. The molecule has 0 spiro atoms.